The molecule has 20 heavy (non-hydrogen) atoms. The highest BCUT2D eigenvalue weighted by Gasteiger charge is 2.19. The Morgan fingerprint density at radius 2 is 1.75 bits per heavy atom. The van der Waals surface area contributed by atoms with Crippen molar-refractivity contribution in [3.05, 3.63) is 29.8 Å². The maximum atomic E-state index is 12.2. The average Bonchev–Trinajstić information content (AvgIpc) is 2.35. The number of nitrogens with one attached hydrogen (secondary N) is 1. The van der Waals surface area contributed by atoms with Crippen LogP contribution >= 0.6 is 0 Å². The molecular weight excluding hydrogens is 274 g/mol. The fourth-order valence-electron chi connectivity index (χ4n) is 1.93. The molecule has 1 rings (SSSR count). The largest absolute Gasteiger partial charge is 0.350 e. The second kappa shape index (κ2) is 6.88. The van der Waals surface area contributed by atoms with Crippen molar-refractivity contribution >= 4 is 15.7 Å². The van der Waals surface area contributed by atoms with Crippen LogP contribution in [0.2, 0.25) is 0 Å². The van der Waals surface area contributed by atoms with Gasteiger partial charge in [-0.2, -0.15) is 0 Å². The summed E-state index contributed by atoms with van der Waals surface area (Å²) in [5, 5.41) is 2.86. The van der Waals surface area contributed by atoms with Crippen LogP contribution in [0.3, 0.4) is 0 Å². The number of carbonyl (C=O) groups excluding carboxylic acids is 1. The lowest BCUT2D eigenvalue weighted by atomic mass is 10.0. The summed E-state index contributed by atoms with van der Waals surface area (Å²) in [6.45, 7) is 6.20. The van der Waals surface area contributed by atoms with Crippen LogP contribution in [0.15, 0.2) is 29.2 Å². The van der Waals surface area contributed by atoms with Gasteiger partial charge in [0.25, 0.3) is 5.91 Å². The summed E-state index contributed by atoms with van der Waals surface area (Å²) < 4.78 is 23.4. The Bertz CT molecular complexity index is 564. The van der Waals surface area contributed by atoms with Crippen molar-refractivity contribution < 1.29 is 13.2 Å². The lowest BCUT2D eigenvalue weighted by molar-refractivity contribution is 0.0934. The molecule has 5 heteroatoms. The summed E-state index contributed by atoms with van der Waals surface area (Å²) in [7, 11) is -3.40. The van der Waals surface area contributed by atoms with E-state index < -0.39 is 9.84 Å². The minimum absolute atomic E-state index is 0.0255. The zero-order valence-corrected chi connectivity index (χ0v) is 13.3. The van der Waals surface area contributed by atoms with Crippen molar-refractivity contribution in [2.24, 2.45) is 5.92 Å². The van der Waals surface area contributed by atoms with Crippen molar-refractivity contribution in [2.75, 3.05) is 6.26 Å². The van der Waals surface area contributed by atoms with E-state index in [-0.39, 0.29) is 22.4 Å². The summed E-state index contributed by atoms with van der Waals surface area (Å²) >= 11 is 0. The van der Waals surface area contributed by atoms with Gasteiger partial charge < -0.3 is 5.32 Å². The second-order valence-electron chi connectivity index (χ2n) is 5.61. The van der Waals surface area contributed by atoms with Gasteiger partial charge in [-0.3, -0.25) is 4.79 Å². The molecule has 0 aliphatic rings. The first-order valence-corrected chi connectivity index (χ1v) is 8.71. The van der Waals surface area contributed by atoms with Gasteiger partial charge in [0.05, 0.1) is 10.5 Å². The van der Waals surface area contributed by atoms with Gasteiger partial charge in [0.1, 0.15) is 0 Å². The Hall–Kier alpha value is -1.36. The fourth-order valence-corrected chi connectivity index (χ4v) is 2.82. The van der Waals surface area contributed by atoms with Crippen molar-refractivity contribution in [1.29, 1.82) is 0 Å². The van der Waals surface area contributed by atoms with Gasteiger partial charge in [0, 0.05) is 12.3 Å². The number of hydrogen-bond acceptors (Lipinski definition) is 3. The number of hydrogen-bond donors (Lipinski definition) is 1. The SMILES string of the molecule is CC(C)CC[C@@H](C)NC(=O)c1ccccc1S(C)(=O)=O. The maximum absolute atomic E-state index is 12.2. The first-order chi connectivity index (χ1) is 9.21. The van der Waals surface area contributed by atoms with Gasteiger partial charge in [0.2, 0.25) is 0 Å². The van der Waals surface area contributed by atoms with E-state index in [1.165, 1.54) is 6.07 Å². The van der Waals surface area contributed by atoms with Crippen molar-refractivity contribution in [3.8, 4) is 0 Å². The average molecular weight is 297 g/mol. The summed E-state index contributed by atoms with van der Waals surface area (Å²) in [6, 6.07) is 6.32. The predicted octanol–water partition coefficient (Wildman–Crippen LogP) is 2.64. The fraction of sp³-hybridized carbons (Fsp3) is 0.533. The van der Waals surface area contributed by atoms with Crippen LogP contribution in [0.1, 0.15) is 44.0 Å². The molecule has 0 aromatic heterocycles. The zero-order chi connectivity index (χ0) is 15.3. The van der Waals surface area contributed by atoms with E-state index in [0.717, 1.165) is 19.1 Å². The number of sulfone groups is 1. The molecule has 0 spiro atoms. The molecule has 112 valence electrons. The highest BCUT2D eigenvalue weighted by Crippen LogP contribution is 2.16. The topological polar surface area (TPSA) is 63.2 Å². The lowest BCUT2D eigenvalue weighted by Crippen LogP contribution is -2.33. The molecule has 0 saturated heterocycles. The third kappa shape index (κ3) is 4.96. The number of rotatable bonds is 6. The van der Waals surface area contributed by atoms with Crippen LogP contribution < -0.4 is 5.32 Å². The van der Waals surface area contributed by atoms with E-state index in [9.17, 15) is 13.2 Å². The molecule has 0 unspecified atom stereocenters. The Balaban J connectivity index is 2.83. The minimum atomic E-state index is -3.40. The summed E-state index contributed by atoms with van der Waals surface area (Å²) in [6.07, 6.45) is 3.01. The molecule has 1 atom stereocenters. The summed E-state index contributed by atoms with van der Waals surface area (Å²) in [5.41, 5.74) is 0.214. The Labute approximate surface area is 121 Å². The summed E-state index contributed by atoms with van der Waals surface area (Å²) in [4.78, 5) is 12.3. The standard InChI is InChI=1S/C15H23NO3S/c1-11(2)9-10-12(3)16-15(17)13-7-5-6-8-14(13)20(4,18)19/h5-8,11-12H,9-10H2,1-4H3,(H,16,17)/t12-/m1/s1. The first-order valence-electron chi connectivity index (χ1n) is 6.81. The lowest BCUT2D eigenvalue weighted by Gasteiger charge is -2.16. The van der Waals surface area contributed by atoms with Crippen molar-refractivity contribution in [3.63, 3.8) is 0 Å². The molecule has 0 aliphatic carbocycles. The van der Waals surface area contributed by atoms with E-state index >= 15 is 0 Å². The van der Waals surface area contributed by atoms with Crippen LogP contribution in [0.5, 0.6) is 0 Å². The Morgan fingerprint density at radius 3 is 2.30 bits per heavy atom. The van der Waals surface area contributed by atoms with E-state index in [4.69, 9.17) is 0 Å². The molecule has 0 aliphatic heterocycles. The molecule has 1 amide bonds. The molecule has 0 fully saturated rings. The zero-order valence-electron chi connectivity index (χ0n) is 12.5. The smallest absolute Gasteiger partial charge is 0.252 e. The molecule has 1 aromatic carbocycles. The third-order valence-corrected chi connectivity index (χ3v) is 4.24. The molecule has 0 saturated carbocycles. The molecule has 1 aromatic rings. The van der Waals surface area contributed by atoms with E-state index in [1.807, 2.05) is 6.92 Å². The molecule has 1 N–H and O–H groups in total. The molecule has 0 heterocycles. The van der Waals surface area contributed by atoms with Gasteiger partial charge in [-0.05, 0) is 37.8 Å². The summed E-state index contributed by atoms with van der Waals surface area (Å²) in [5.74, 6) is 0.250. The van der Waals surface area contributed by atoms with Crippen molar-refractivity contribution in [2.45, 2.75) is 44.6 Å². The predicted molar refractivity (Wildman–Crippen MR) is 80.6 cm³/mol. The van der Waals surface area contributed by atoms with Crippen LogP contribution in [0.25, 0.3) is 0 Å². The van der Waals surface area contributed by atoms with Gasteiger partial charge in [-0.25, -0.2) is 8.42 Å². The van der Waals surface area contributed by atoms with E-state index in [2.05, 4.69) is 19.2 Å². The first kappa shape index (κ1) is 16.7. The van der Waals surface area contributed by atoms with Crippen molar-refractivity contribution in [1.82, 2.24) is 5.32 Å². The van der Waals surface area contributed by atoms with Gasteiger partial charge >= 0.3 is 0 Å². The van der Waals surface area contributed by atoms with Gasteiger partial charge in [-0.1, -0.05) is 26.0 Å². The highest BCUT2D eigenvalue weighted by molar-refractivity contribution is 7.90. The highest BCUT2D eigenvalue weighted by atomic mass is 32.2. The Morgan fingerprint density at radius 1 is 1.15 bits per heavy atom. The quantitative estimate of drug-likeness (QED) is 0.878. The number of carbonyl (C=O) groups is 1. The normalized spacial score (nSPS) is 13.2. The van der Waals surface area contributed by atoms with Gasteiger partial charge in [-0.15, -0.1) is 0 Å². The number of benzene rings is 1. The van der Waals surface area contributed by atoms with Crippen LogP contribution in [0, 0.1) is 5.92 Å². The van der Waals surface area contributed by atoms with Gasteiger partial charge in [0.15, 0.2) is 9.84 Å². The third-order valence-electron chi connectivity index (χ3n) is 3.09. The van der Waals surface area contributed by atoms with E-state index in [1.54, 1.807) is 18.2 Å². The van der Waals surface area contributed by atoms with Crippen LogP contribution in [-0.4, -0.2) is 26.6 Å². The molecular formula is C15H23NO3S. The van der Waals surface area contributed by atoms with Crippen LogP contribution in [0.4, 0.5) is 0 Å². The maximum Gasteiger partial charge on any atom is 0.252 e. The van der Waals surface area contributed by atoms with E-state index in [0.29, 0.717) is 5.92 Å². The van der Waals surface area contributed by atoms with Crippen LogP contribution in [-0.2, 0) is 9.84 Å². The monoisotopic (exact) mass is 297 g/mol. The minimum Gasteiger partial charge on any atom is -0.350 e. The number of amides is 1. The molecule has 0 radical (unpaired) electrons. The molecule has 4 nitrogen and oxygen atoms in total. The Kier molecular flexibility index (Phi) is 5.74. The molecule has 0 bridgehead atoms. The second-order valence-corrected chi connectivity index (χ2v) is 7.60.